The molecule has 7 heteroatoms. The van der Waals surface area contributed by atoms with E-state index in [1.54, 1.807) is 0 Å². The van der Waals surface area contributed by atoms with Crippen LogP contribution in [0.2, 0.25) is 5.02 Å². The highest BCUT2D eigenvalue weighted by atomic mass is 35.5. The fraction of sp³-hybridized carbons (Fsp3) is 0.647. The number of hydrogen-bond donors (Lipinski definition) is 1. The zero-order valence-electron chi connectivity index (χ0n) is 13.7. The molecule has 0 aromatic heterocycles. The van der Waals surface area contributed by atoms with Crippen LogP contribution in [0.5, 0.6) is 0 Å². The van der Waals surface area contributed by atoms with Crippen molar-refractivity contribution < 1.29 is 12.8 Å². The third-order valence-corrected chi connectivity index (χ3v) is 6.94. The highest BCUT2D eigenvalue weighted by Crippen LogP contribution is 2.27. The van der Waals surface area contributed by atoms with Crippen LogP contribution in [0.15, 0.2) is 23.1 Å². The average molecular weight is 375 g/mol. The van der Waals surface area contributed by atoms with E-state index in [9.17, 15) is 12.8 Å². The van der Waals surface area contributed by atoms with Gasteiger partial charge in [0.05, 0.1) is 5.02 Å². The first-order valence-electron chi connectivity index (χ1n) is 8.64. The zero-order chi connectivity index (χ0) is 17.2. The Hall–Kier alpha value is -0.690. The van der Waals surface area contributed by atoms with E-state index >= 15 is 0 Å². The zero-order valence-corrected chi connectivity index (χ0v) is 15.3. The molecular weight excluding hydrogens is 351 g/mol. The molecule has 1 aromatic carbocycles. The summed E-state index contributed by atoms with van der Waals surface area (Å²) in [5.41, 5.74) is 0. The maximum atomic E-state index is 14.0. The second-order valence-corrected chi connectivity index (χ2v) is 8.99. The van der Waals surface area contributed by atoms with E-state index in [0.717, 1.165) is 38.4 Å². The van der Waals surface area contributed by atoms with Gasteiger partial charge in [-0.05, 0) is 56.8 Å². The Morgan fingerprint density at radius 1 is 1.17 bits per heavy atom. The molecule has 134 valence electrons. The van der Waals surface area contributed by atoms with E-state index in [1.807, 2.05) is 0 Å². The van der Waals surface area contributed by atoms with E-state index in [-0.39, 0.29) is 16.0 Å². The van der Waals surface area contributed by atoms with Crippen LogP contribution in [0.3, 0.4) is 0 Å². The molecule has 0 radical (unpaired) electrons. The minimum atomic E-state index is -3.88. The predicted molar refractivity (Wildman–Crippen MR) is 93.2 cm³/mol. The summed E-state index contributed by atoms with van der Waals surface area (Å²) in [6.07, 6.45) is 6.84. The van der Waals surface area contributed by atoms with Crippen molar-refractivity contribution in [3.63, 3.8) is 0 Å². The van der Waals surface area contributed by atoms with Crippen LogP contribution >= 0.6 is 11.6 Å². The summed E-state index contributed by atoms with van der Waals surface area (Å²) in [5.74, 6) is -0.0795. The molecule has 0 unspecified atom stereocenters. The van der Waals surface area contributed by atoms with E-state index in [1.165, 1.54) is 43.9 Å². The second kappa shape index (κ2) is 7.68. The van der Waals surface area contributed by atoms with Crippen LogP contribution in [0, 0.1) is 11.7 Å². The Kier molecular flexibility index (Phi) is 5.80. The molecule has 0 bridgehead atoms. The summed E-state index contributed by atoms with van der Waals surface area (Å²) in [6, 6.07) is 3.90. The Balaban J connectivity index is 1.56. The molecule has 24 heavy (non-hydrogen) atoms. The van der Waals surface area contributed by atoms with Crippen molar-refractivity contribution >= 4 is 21.6 Å². The van der Waals surface area contributed by atoms with Crippen molar-refractivity contribution in [3.05, 3.63) is 29.0 Å². The third kappa shape index (κ3) is 4.28. The van der Waals surface area contributed by atoms with Crippen molar-refractivity contribution in [2.24, 2.45) is 5.92 Å². The van der Waals surface area contributed by atoms with Gasteiger partial charge in [0.15, 0.2) is 5.82 Å². The van der Waals surface area contributed by atoms with Crippen LogP contribution in [0.1, 0.15) is 38.5 Å². The number of rotatable bonds is 5. The van der Waals surface area contributed by atoms with Crippen LogP contribution in [-0.2, 0) is 10.0 Å². The number of nitrogens with one attached hydrogen (secondary N) is 1. The van der Waals surface area contributed by atoms with E-state index in [0.29, 0.717) is 0 Å². The summed E-state index contributed by atoms with van der Waals surface area (Å²) < 4.78 is 41.4. The van der Waals surface area contributed by atoms with Gasteiger partial charge in [0.2, 0.25) is 10.0 Å². The van der Waals surface area contributed by atoms with Crippen LogP contribution in [0.4, 0.5) is 4.39 Å². The van der Waals surface area contributed by atoms with Crippen molar-refractivity contribution in [2.45, 2.75) is 49.5 Å². The van der Waals surface area contributed by atoms with Gasteiger partial charge >= 0.3 is 0 Å². The lowest BCUT2D eigenvalue weighted by molar-refractivity contribution is 0.180. The predicted octanol–water partition coefficient (Wildman–Crippen LogP) is 3.41. The first kappa shape index (κ1) is 18.1. The smallest absolute Gasteiger partial charge is 0.243 e. The largest absolute Gasteiger partial charge is 0.303 e. The Labute approximate surface area is 148 Å². The molecule has 1 heterocycles. The third-order valence-electron chi connectivity index (χ3n) is 5.11. The molecule has 2 aliphatic rings. The van der Waals surface area contributed by atoms with Crippen molar-refractivity contribution in [1.82, 2.24) is 9.62 Å². The van der Waals surface area contributed by atoms with E-state index in [2.05, 4.69) is 9.62 Å². The lowest BCUT2D eigenvalue weighted by atomic mass is 10.0. The minimum Gasteiger partial charge on any atom is -0.303 e. The number of likely N-dealkylation sites (tertiary alicyclic amines) is 1. The van der Waals surface area contributed by atoms with Gasteiger partial charge in [0.25, 0.3) is 0 Å². The Morgan fingerprint density at radius 2 is 1.83 bits per heavy atom. The van der Waals surface area contributed by atoms with E-state index < -0.39 is 15.8 Å². The number of benzene rings is 1. The van der Waals surface area contributed by atoms with Gasteiger partial charge in [-0.2, -0.15) is 0 Å². The topological polar surface area (TPSA) is 49.4 Å². The van der Waals surface area contributed by atoms with Gasteiger partial charge < -0.3 is 4.90 Å². The number of hydrogen-bond acceptors (Lipinski definition) is 3. The molecular formula is C17H24ClFN2O2S. The van der Waals surface area contributed by atoms with Crippen LogP contribution < -0.4 is 4.72 Å². The molecule has 1 N–H and O–H groups in total. The molecule has 1 aromatic rings. The minimum absolute atomic E-state index is 0.145. The molecule has 4 nitrogen and oxygen atoms in total. The Bertz CT molecular complexity index is 669. The Morgan fingerprint density at radius 3 is 2.50 bits per heavy atom. The van der Waals surface area contributed by atoms with Gasteiger partial charge in [0, 0.05) is 12.6 Å². The highest BCUT2D eigenvalue weighted by molar-refractivity contribution is 7.89. The molecule has 0 amide bonds. The van der Waals surface area contributed by atoms with Gasteiger partial charge in [-0.25, -0.2) is 17.5 Å². The summed E-state index contributed by atoms with van der Waals surface area (Å²) in [4.78, 5) is 2.06. The first-order valence-corrected chi connectivity index (χ1v) is 10.5. The molecule has 1 saturated heterocycles. The number of halogens is 2. The monoisotopic (exact) mass is 374 g/mol. The summed E-state index contributed by atoms with van der Waals surface area (Å²) in [6.45, 7) is 2.91. The normalized spacial score (nSPS) is 21.4. The molecule has 0 atom stereocenters. The summed E-state index contributed by atoms with van der Waals surface area (Å²) in [5, 5.41) is -0.177. The number of nitrogens with zero attached hydrogens (tertiary/aromatic N) is 1. The fourth-order valence-corrected chi connectivity index (χ4v) is 5.40. The molecule has 3 rings (SSSR count). The SMILES string of the molecule is O=S(=O)(NC1CCN(CC2CCCC2)CC1)c1cccc(Cl)c1F. The average Bonchev–Trinajstić information content (AvgIpc) is 3.04. The highest BCUT2D eigenvalue weighted by Gasteiger charge is 2.28. The van der Waals surface area contributed by atoms with Crippen LogP contribution in [0.25, 0.3) is 0 Å². The quantitative estimate of drug-likeness (QED) is 0.859. The summed E-state index contributed by atoms with van der Waals surface area (Å²) in [7, 11) is -3.88. The molecule has 1 aliphatic heterocycles. The lowest BCUT2D eigenvalue weighted by Gasteiger charge is -2.33. The first-order chi connectivity index (χ1) is 11.5. The molecule has 0 spiro atoms. The fourth-order valence-electron chi connectivity index (χ4n) is 3.77. The van der Waals surface area contributed by atoms with Gasteiger partial charge in [-0.15, -0.1) is 0 Å². The van der Waals surface area contributed by atoms with Gasteiger partial charge in [0.1, 0.15) is 4.90 Å². The summed E-state index contributed by atoms with van der Waals surface area (Å²) >= 11 is 5.69. The van der Waals surface area contributed by atoms with Crippen molar-refractivity contribution in [2.75, 3.05) is 19.6 Å². The molecule has 2 fully saturated rings. The van der Waals surface area contributed by atoms with Crippen LogP contribution in [-0.4, -0.2) is 39.0 Å². The molecule has 1 saturated carbocycles. The maximum Gasteiger partial charge on any atom is 0.243 e. The number of sulfonamides is 1. The lowest BCUT2D eigenvalue weighted by Crippen LogP contribution is -2.45. The van der Waals surface area contributed by atoms with Crippen molar-refractivity contribution in [3.8, 4) is 0 Å². The van der Waals surface area contributed by atoms with E-state index in [4.69, 9.17) is 11.6 Å². The van der Waals surface area contributed by atoms with Crippen molar-refractivity contribution in [1.29, 1.82) is 0 Å². The maximum absolute atomic E-state index is 14.0. The second-order valence-electron chi connectivity index (χ2n) is 6.90. The standard InChI is InChI=1S/C17H24ClFN2O2S/c18-15-6-3-7-16(17(15)19)24(22,23)20-14-8-10-21(11-9-14)12-13-4-1-2-5-13/h3,6-7,13-14,20H,1-2,4-5,8-12H2. The van der Waals surface area contributed by atoms with Gasteiger partial charge in [-0.1, -0.05) is 30.5 Å². The number of piperidine rings is 1. The van der Waals surface area contributed by atoms with Gasteiger partial charge in [-0.3, -0.25) is 0 Å². The molecule has 1 aliphatic carbocycles.